The van der Waals surface area contributed by atoms with Gasteiger partial charge in [-0.15, -0.1) is 0 Å². The zero-order chi connectivity index (χ0) is 22.4. The van der Waals surface area contributed by atoms with Gasteiger partial charge in [-0.25, -0.2) is 18.6 Å². The number of carbonyl (C=O) groups is 2. The molecule has 9 nitrogen and oxygen atoms in total. The van der Waals surface area contributed by atoms with E-state index < -0.39 is 29.7 Å². The number of anilines is 1. The molecule has 0 saturated heterocycles. The number of aromatic nitrogens is 2. The van der Waals surface area contributed by atoms with Crippen LogP contribution in [0.2, 0.25) is 5.02 Å². The summed E-state index contributed by atoms with van der Waals surface area (Å²) in [6.45, 7) is 1.74. The van der Waals surface area contributed by atoms with Gasteiger partial charge in [-0.05, 0) is 13.0 Å². The largest absolute Gasteiger partial charge is 0.393 e. The van der Waals surface area contributed by atoms with Gasteiger partial charge in [0.05, 0.1) is 36.1 Å². The first-order valence-electron chi connectivity index (χ1n) is 9.56. The molecule has 0 unspecified atom stereocenters. The molecule has 31 heavy (non-hydrogen) atoms. The topological polar surface area (TPSA) is 99.9 Å². The Morgan fingerprint density at radius 1 is 1.39 bits per heavy atom. The number of carbonyl (C=O) groups excluding carboxylic acids is 2. The van der Waals surface area contributed by atoms with Crippen LogP contribution in [0.25, 0.3) is 0 Å². The van der Waals surface area contributed by atoms with E-state index in [-0.39, 0.29) is 42.1 Å². The minimum Gasteiger partial charge on any atom is -0.393 e. The number of amides is 3. The number of aliphatic hydroxyl groups excluding tert-OH is 1. The molecule has 12 heteroatoms. The van der Waals surface area contributed by atoms with E-state index in [1.165, 1.54) is 16.6 Å². The van der Waals surface area contributed by atoms with Crippen LogP contribution in [0.4, 0.5) is 19.3 Å². The van der Waals surface area contributed by atoms with Crippen molar-refractivity contribution in [2.24, 2.45) is 0 Å². The standard InChI is InChI=1S/C19H20ClF2N5O4/c1-9-3-15-11(17-18(29)25(2)31-10(8-28)6-27(17)24-15)7-26(9)19(30)23-16-4-12(20)13(21)5-14(16)22/h4-5,9-10,28H,3,6-8H2,1-2H3,(H,23,30)/t9-,10-/m1/s1. The third-order valence-electron chi connectivity index (χ3n) is 5.37. The van der Waals surface area contributed by atoms with Crippen LogP contribution in [0.1, 0.15) is 28.7 Å². The molecule has 0 spiro atoms. The van der Waals surface area contributed by atoms with Crippen LogP contribution in [0.5, 0.6) is 0 Å². The molecule has 166 valence electrons. The summed E-state index contributed by atoms with van der Waals surface area (Å²) in [7, 11) is 1.44. The SMILES string of the molecule is C[C@@H]1Cc2nn3c(c2CN1C(=O)Nc1cc(Cl)c(F)cc1F)C(=O)N(C)O[C@@H](CO)C3. The van der Waals surface area contributed by atoms with Gasteiger partial charge in [0, 0.05) is 31.1 Å². The number of hydrogen-bond donors (Lipinski definition) is 2. The Bertz CT molecular complexity index is 1060. The summed E-state index contributed by atoms with van der Waals surface area (Å²) in [6, 6.07) is 0.669. The minimum atomic E-state index is -0.955. The Kier molecular flexibility index (Phi) is 5.58. The molecule has 3 amide bonds. The molecule has 0 bridgehead atoms. The van der Waals surface area contributed by atoms with E-state index in [1.54, 1.807) is 6.92 Å². The van der Waals surface area contributed by atoms with E-state index in [1.807, 2.05) is 0 Å². The lowest BCUT2D eigenvalue weighted by Crippen LogP contribution is -2.45. The zero-order valence-electron chi connectivity index (χ0n) is 16.7. The van der Waals surface area contributed by atoms with Crippen molar-refractivity contribution in [3.63, 3.8) is 0 Å². The normalized spacial score (nSPS) is 20.9. The van der Waals surface area contributed by atoms with Gasteiger partial charge >= 0.3 is 6.03 Å². The maximum Gasteiger partial charge on any atom is 0.322 e. The maximum atomic E-state index is 14.0. The van der Waals surface area contributed by atoms with E-state index in [2.05, 4.69) is 10.4 Å². The number of nitrogens with one attached hydrogen (secondary N) is 1. The predicted molar refractivity (Wildman–Crippen MR) is 105 cm³/mol. The summed E-state index contributed by atoms with van der Waals surface area (Å²) in [5.41, 5.74) is 1.25. The second-order valence-corrected chi connectivity index (χ2v) is 7.93. The average Bonchev–Trinajstić information content (AvgIpc) is 3.00. The summed E-state index contributed by atoms with van der Waals surface area (Å²) in [6.07, 6.45) is -0.267. The van der Waals surface area contributed by atoms with Gasteiger partial charge in [0.1, 0.15) is 23.4 Å². The number of nitrogens with zero attached hydrogens (tertiary/aromatic N) is 4. The number of benzene rings is 1. The summed E-state index contributed by atoms with van der Waals surface area (Å²) < 4.78 is 28.9. The van der Waals surface area contributed by atoms with Crippen molar-refractivity contribution in [1.82, 2.24) is 19.7 Å². The van der Waals surface area contributed by atoms with Crippen LogP contribution in [-0.4, -0.2) is 62.6 Å². The van der Waals surface area contributed by atoms with Crippen molar-refractivity contribution in [2.45, 2.75) is 38.6 Å². The molecule has 1 aromatic carbocycles. The lowest BCUT2D eigenvalue weighted by molar-refractivity contribution is -0.159. The molecule has 0 saturated carbocycles. The predicted octanol–water partition coefficient (Wildman–Crippen LogP) is 2.17. The molecule has 4 rings (SSSR count). The first-order valence-corrected chi connectivity index (χ1v) is 9.93. The second-order valence-electron chi connectivity index (χ2n) is 7.53. The highest BCUT2D eigenvalue weighted by Crippen LogP contribution is 2.30. The molecule has 2 N–H and O–H groups in total. The summed E-state index contributed by atoms with van der Waals surface area (Å²) in [5, 5.41) is 17.1. The Morgan fingerprint density at radius 3 is 2.84 bits per heavy atom. The van der Waals surface area contributed by atoms with E-state index in [4.69, 9.17) is 16.4 Å². The van der Waals surface area contributed by atoms with Gasteiger partial charge in [-0.2, -0.15) is 5.10 Å². The van der Waals surface area contributed by atoms with Crippen LogP contribution in [0.15, 0.2) is 12.1 Å². The smallest absolute Gasteiger partial charge is 0.322 e. The zero-order valence-corrected chi connectivity index (χ0v) is 17.5. The fourth-order valence-electron chi connectivity index (χ4n) is 3.78. The van der Waals surface area contributed by atoms with Gasteiger partial charge in [-0.1, -0.05) is 11.6 Å². The van der Waals surface area contributed by atoms with E-state index >= 15 is 0 Å². The third kappa shape index (κ3) is 3.84. The van der Waals surface area contributed by atoms with E-state index in [0.29, 0.717) is 23.7 Å². The minimum absolute atomic E-state index is 0.0532. The number of fused-ring (bicyclic) bond motifs is 3. The lowest BCUT2D eigenvalue weighted by atomic mass is 9.99. The first-order chi connectivity index (χ1) is 14.7. The molecule has 0 fully saturated rings. The highest BCUT2D eigenvalue weighted by atomic mass is 35.5. The Hall–Kier alpha value is -2.76. The molecule has 0 aliphatic carbocycles. The highest BCUT2D eigenvalue weighted by molar-refractivity contribution is 6.31. The highest BCUT2D eigenvalue weighted by Gasteiger charge is 2.37. The van der Waals surface area contributed by atoms with E-state index in [9.17, 15) is 23.5 Å². The molecular formula is C19H20ClF2N5O4. The summed E-state index contributed by atoms with van der Waals surface area (Å²) in [4.78, 5) is 32.5. The Balaban J connectivity index is 1.63. The van der Waals surface area contributed by atoms with Crippen molar-refractivity contribution >= 4 is 29.2 Å². The molecule has 0 radical (unpaired) electrons. The van der Waals surface area contributed by atoms with Crippen LogP contribution in [-0.2, 0) is 24.3 Å². The quantitative estimate of drug-likeness (QED) is 0.676. The third-order valence-corrected chi connectivity index (χ3v) is 5.66. The second kappa shape index (κ2) is 8.06. The molecule has 2 atom stereocenters. The molecule has 1 aromatic heterocycles. The van der Waals surface area contributed by atoms with Gasteiger partial charge in [-0.3, -0.25) is 14.3 Å². The number of rotatable bonds is 2. The summed E-state index contributed by atoms with van der Waals surface area (Å²) >= 11 is 5.69. The average molecular weight is 456 g/mol. The van der Waals surface area contributed by atoms with Crippen LogP contribution >= 0.6 is 11.6 Å². The molecular weight excluding hydrogens is 436 g/mol. The van der Waals surface area contributed by atoms with Crippen LogP contribution < -0.4 is 5.32 Å². The van der Waals surface area contributed by atoms with Crippen molar-refractivity contribution in [3.05, 3.63) is 45.7 Å². The summed E-state index contributed by atoms with van der Waals surface area (Å²) in [5.74, 6) is -2.33. The van der Waals surface area contributed by atoms with Crippen LogP contribution in [0.3, 0.4) is 0 Å². The molecule has 2 aliphatic heterocycles. The van der Waals surface area contributed by atoms with Crippen LogP contribution in [0, 0.1) is 11.6 Å². The van der Waals surface area contributed by atoms with Gasteiger partial charge in [0.2, 0.25) is 0 Å². The van der Waals surface area contributed by atoms with Gasteiger partial charge < -0.3 is 15.3 Å². The number of halogens is 3. The van der Waals surface area contributed by atoms with Gasteiger partial charge in [0.25, 0.3) is 5.91 Å². The van der Waals surface area contributed by atoms with Crippen molar-refractivity contribution in [1.29, 1.82) is 0 Å². The van der Waals surface area contributed by atoms with Gasteiger partial charge in [0.15, 0.2) is 0 Å². The fraction of sp³-hybridized carbons (Fsp3) is 0.421. The molecule has 2 aromatic rings. The Morgan fingerprint density at radius 2 is 2.13 bits per heavy atom. The monoisotopic (exact) mass is 455 g/mol. The van der Waals surface area contributed by atoms with E-state index in [0.717, 1.165) is 11.1 Å². The number of hydroxylamine groups is 2. The Labute approximate surface area is 181 Å². The first kappa shape index (κ1) is 21.5. The van der Waals surface area contributed by atoms with Crippen molar-refractivity contribution < 1.29 is 28.3 Å². The number of hydrogen-bond acceptors (Lipinski definition) is 5. The molecule has 3 heterocycles. The molecule has 2 aliphatic rings. The fourth-order valence-corrected chi connectivity index (χ4v) is 3.95. The van der Waals surface area contributed by atoms with Crippen molar-refractivity contribution in [3.8, 4) is 0 Å². The number of urea groups is 1. The maximum absolute atomic E-state index is 14.0. The number of aliphatic hydroxyl groups is 1. The van der Waals surface area contributed by atoms with Crippen molar-refractivity contribution in [2.75, 3.05) is 19.0 Å². The lowest BCUT2D eigenvalue weighted by Gasteiger charge is -2.33.